The number of amides is 1. The molecule has 0 spiro atoms. The predicted molar refractivity (Wildman–Crippen MR) is 64.8 cm³/mol. The first kappa shape index (κ1) is 14.8. The number of benzene rings is 1. The van der Waals surface area contributed by atoms with Gasteiger partial charge in [-0.2, -0.15) is 13.2 Å². The maximum absolute atomic E-state index is 13.6. The van der Waals surface area contributed by atoms with Crippen LogP contribution in [0.4, 0.5) is 17.6 Å². The van der Waals surface area contributed by atoms with Gasteiger partial charge in [-0.25, -0.2) is 4.39 Å². The van der Waals surface area contributed by atoms with Crippen molar-refractivity contribution in [3.63, 3.8) is 0 Å². The zero-order valence-electron chi connectivity index (χ0n) is 10.8. The van der Waals surface area contributed by atoms with Gasteiger partial charge >= 0.3 is 6.18 Å². The molecule has 0 aromatic heterocycles. The Morgan fingerprint density at radius 1 is 1.40 bits per heavy atom. The molecule has 1 unspecified atom stereocenters. The van der Waals surface area contributed by atoms with Crippen LogP contribution in [0.15, 0.2) is 18.2 Å². The number of carbonyl (C=O) groups excluding carboxylic acids is 1. The fraction of sp³-hybridized carbons (Fsp3) is 0.462. The minimum absolute atomic E-state index is 0.499. The Kier molecular flexibility index (Phi) is 3.73. The number of halogens is 4. The van der Waals surface area contributed by atoms with E-state index in [1.54, 1.807) is 6.92 Å². The Hall–Kier alpha value is -1.63. The predicted octanol–water partition coefficient (Wildman–Crippen LogP) is 2.33. The summed E-state index contributed by atoms with van der Waals surface area (Å²) in [5, 5.41) is 5.61. The molecule has 1 aliphatic heterocycles. The van der Waals surface area contributed by atoms with E-state index in [1.165, 1.54) is 0 Å². The number of alkyl halides is 3. The quantitative estimate of drug-likeness (QED) is 0.821. The van der Waals surface area contributed by atoms with Gasteiger partial charge in [0.1, 0.15) is 5.82 Å². The molecule has 1 heterocycles. The van der Waals surface area contributed by atoms with Crippen LogP contribution < -0.4 is 10.6 Å². The lowest BCUT2D eigenvalue weighted by Crippen LogP contribution is -2.47. The number of hydrogen-bond donors (Lipinski definition) is 2. The van der Waals surface area contributed by atoms with Gasteiger partial charge in [-0.15, -0.1) is 0 Å². The van der Waals surface area contributed by atoms with Gasteiger partial charge in [0.05, 0.1) is 16.7 Å². The van der Waals surface area contributed by atoms with Crippen molar-refractivity contribution in [1.82, 2.24) is 10.6 Å². The Labute approximate surface area is 113 Å². The van der Waals surface area contributed by atoms with E-state index in [9.17, 15) is 22.4 Å². The van der Waals surface area contributed by atoms with Crippen molar-refractivity contribution in [2.45, 2.75) is 25.1 Å². The van der Waals surface area contributed by atoms with Gasteiger partial charge in [-0.05, 0) is 38.1 Å². The van der Waals surface area contributed by atoms with Crippen molar-refractivity contribution in [1.29, 1.82) is 0 Å². The molecule has 0 bridgehead atoms. The van der Waals surface area contributed by atoms with Gasteiger partial charge in [0.2, 0.25) is 0 Å². The molecular formula is C13H14F4N2O. The highest BCUT2D eigenvalue weighted by atomic mass is 19.4. The van der Waals surface area contributed by atoms with Gasteiger partial charge in [0.25, 0.3) is 5.91 Å². The smallest absolute Gasteiger partial charge is 0.345 e. The summed E-state index contributed by atoms with van der Waals surface area (Å²) in [4.78, 5) is 12.0. The lowest BCUT2D eigenvalue weighted by Gasteiger charge is -2.24. The second-order valence-electron chi connectivity index (χ2n) is 5.13. The lowest BCUT2D eigenvalue weighted by molar-refractivity contribution is -0.137. The van der Waals surface area contributed by atoms with Gasteiger partial charge in [0, 0.05) is 6.54 Å². The van der Waals surface area contributed by atoms with Crippen molar-refractivity contribution < 1.29 is 22.4 Å². The highest BCUT2D eigenvalue weighted by Gasteiger charge is 2.34. The largest absolute Gasteiger partial charge is 0.416 e. The van der Waals surface area contributed by atoms with E-state index in [0.29, 0.717) is 37.7 Å². The van der Waals surface area contributed by atoms with E-state index < -0.39 is 34.6 Å². The molecule has 110 valence electrons. The van der Waals surface area contributed by atoms with E-state index in [-0.39, 0.29) is 0 Å². The van der Waals surface area contributed by atoms with Gasteiger partial charge < -0.3 is 10.6 Å². The molecule has 1 amide bonds. The summed E-state index contributed by atoms with van der Waals surface area (Å²) < 4.78 is 51.3. The second kappa shape index (κ2) is 5.05. The van der Waals surface area contributed by atoms with E-state index in [2.05, 4.69) is 10.6 Å². The Bertz CT molecular complexity index is 522. The zero-order chi connectivity index (χ0) is 15.0. The Morgan fingerprint density at radius 2 is 2.10 bits per heavy atom. The van der Waals surface area contributed by atoms with Crippen LogP contribution in [-0.4, -0.2) is 24.5 Å². The first-order valence-corrected chi connectivity index (χ1v) is 6.11. The van der Waals surface area contributed by atoms with Crippen LogP contribution in [0.1, 0.15) is 29.3 Å². The molecule has 1 aromatic carbocycles. The molecule has 0 saturated carbocycles. The molecule has 20 heavy (non-hydrogen) atoms. The third-order valence-electron chi connectivity index (χ3n) is 3.32. The molecule has 2 rings (SSSR count). The molecule has 1 aliphatic rings. The minimum Gasteiger partial charge on any atom is -0.345 e. The minimum atomic E-state index is -4.61. The normalized spacial score (nSPS) is 22.9. The summed E-state index contributed by atoms with van der Waals surface area (Å²) in [5.41, 5.74) is -2.20. The molecule has 1 fully saturated rings. The van der Waals surface area contributed by atoms with E-state index in [0.717, 1.165) is 0 Å². The van der Waals surface area contributed by atoms with Crippen LogP contribution >= 0.6 is 0 Å². The molecule has 3 nitrogen and oxygen atoms in total. The summed E-state index contributed by atoms with van der Waals surface area (Å²) in [5.74, 6) is -1.80. The van der Waals surface area contributed by atoms with E-state index in [4.69, 9.17) is 0 Å². The first-order valence-electron chi connectivity index (χ1n) is 6.11. The van der Waals surface area contributed by atoms with Crippen molar-refractivity contribution in [3.8, 4) is 0 Å². The van der Waals surface area contributed by atoms with Crippen LogP contribution in [0.5, 0.6) is 0 Å². The summed E-state index contributed by atoms with van der Waals surface area (Å²) >= 11 is 0. The standard InChI is InChI=1S/C13H14F4N2O/c1-12(4-5-18-7-12)19-11(20)9-6-8(13(15,16)17)2-3-10(9)14/h2-3,6,18H,4-5,7H2,1H3,(H,19,20). The summed E-state index contributed by atoms with van der Waals surface area (Å²) in [6.45, 7) is 2.96. The molecular weight excluding hydrogens is 276 g/mol. The summed E-state index contributed by atoms with van der Waals surface area (Å²) in [7, 11) is 0. The van der Waals surface area contributed by atoms with Crippen molar-refractivity contribution in [2.75, 3.05) is 13.1 Å². The van der Waals surface area contributed by atoms with Gasteiger partial charge in [0.15, 0.2) is 0 Å². The van der Waals surface area contributed by atoms with Crippen molar-refractivity contribution in [3.05, 3.63) is 35.1 Å². The molecule has 0 aliphatic carbocycles. The summed E-state index contributed by atoms with van der Waals surface area (Å²) in [6.07, 6.45) is -3.97. The maximum atomic E-state index is 13.6. The van der Waals surface area contributed by atoms with Crippen LogP contribution in [0.2, 0.25) is 0 Å². The van der Waals surface area contributed by atoms with E-state index >= 15 is 0 Å². The average molecular weight is 290 g/mol. The zero-order valence-corrected chi connectivity index (χ0v) is 10.8. The highest BCUT2D eigenvalue weighted by molar-refractivity contribution is 5.95. The monoisotopic (exact) mass is 290 g/mol. The highest BCUT2D eigenvalue weighted by Crippen LogP contribution is 2.30. The lowest BCUT2D eigenvalue weighted by atomic mass is 10.0. The molecule has 0 radical (unpaired) electrons. The molecule has 1 aromatic rings. The number of nitrogens with one attached hydrogen (secondary N) is 2. The average Bonchev–Trinajstić information content (AvgIpc) is 2.74. The number of rotatable bonds is 2. The maximum Gasteiger partial charge on any atom is 0.416 e. The Balaban J connectivity index is 2.25. The van der Waals surface area contributed by atoms with Crippen LogP contribution in [0.25, 0.3) is 0 Å². The third kappa shape index (κ3) is 3.09. The first-order chi connectivity index (χ1) is 9.21. The van der Waals surface area contributed by atoms with Crippen LogP contribution in [-0.2, 0) is 6.18 Å². The number of carbonyl (C=O) groups is 1. The topological polar surface area (TPSA) is 41.1 Å². The van der Waals surface area contributed by atoms with Gasteiger partial charge in [-0.1, -0.05) is 0 Å². The van der Waals surface area contributed by atoms with E-state index in [1.807, 2.05) is 0 Å². The molecule has 7 heteroatoms. The van der Waals surface area contributed by atoms with Crippen LogP contribution in [0.3, 0.4) is 0 Å². The van der Waals surface area contributed by atoms with Crippen LogP contribution in [0, 0.1) is 5.82 Å². The Morgan fingerprint density at radius 3 is 2.65 bits per heavy atom. The van der Waals surface area contributed by atoms with Crippen molar-refractivity contribution >= 4 is 5.91 Å². The summed E-state index contributed by atoms with van der Waals surface area (Å²) in [6, 6.07) is 1.81. The van der Waals surface area contributed by atoms with Crippen molar-refractivity contribution in [2.24, 2.45) is 0 Å². The fourth-order valence-corrected chi connectivity index (χ4v) is 2.14. The molecule has 1 atom stereocenters. The second-order valence-corrected chi connectivity index (χ2v) is 5.13. The number of hydrogen-bond acceptors (Lipinski definition) is 2. The SMILES string of the molecule is CC1(NC(=O)c2cc(C(F)(F)F)ccc2F)CCNC1. The fourth-order valence-electron chi connectivity index (χ4n) is 2.14. The molecule has 2 N–H and O–H groups in total. The van der Waals surface area contributed by atoms with Gasteiger partial charge in [-0.3, -0.25) is 4.79 Å². The molecule has 1 saturated heterocycles. The third-order valence-corrected chi connectivity index (χ3v) is 3.32.